The van der Waals surface area contributed by atoms with E-state index in [-0.39, 0.29) is 11.5 Å². The summed E-state index contributed by atoms with van der Waals surface area (Å²) < 4.78 is 35.0. The second kappa shape index (κ2) is 5.54. The molecule has 0 radical (unpaired) electrons. The van der Waals surface area contributed by atoms with Crippen LogP contribution >= 0.6 is 0 Å². The summed E-state index contributed by atoms with van der Waals surface area (Å²) in [5, 5.41) is 10.1. The van der Waals surface area contributed by atoms with E-state index in [9.17, 15) is 13.9 Å². The Hall–Kier alpha value is -1.40. The van der Waals surface area contributed by atoms with Crippen molar-refractivity contribution in [2.24, 2.45) is 11.7 Å². The normalized spacial score (nSPS) is 19.1. The van der Waals surface area contributed by atoms with Crippen LogP contribution in [0.25, 0.3) is 0 Å². The van der Waals surface area contributed by atoms with Gasteiger partial charge in [-0.2, -0.15) is 0 Å². The van der Waals surface area contributed by atoms with Gasteiger partial charge in [0, 0.05) is 5.56 Å². The van der Waals surface area contributed by atoms with E-state index in [1.165, 1.54) is 6.07 Å². The first kappa shape index (κ1) is 15.0. The van der Waals surface area contributed by atoms with Crippen molar-refractivity contribution in [3.05, 3.63) is 23.8 Å². The van der Waals surface area contributed by atoms with E-state index in [1.807, 2.05) is 13.8 Å². The van der Waals surface area contributed by atoms with Crippen molar-refractivity contribution in [1.29, 1.82) is 0 Å². The predicted molar refractivity (Wildman–Crippen MR) is 69.7 cm³/mol. The molecule has 20 heavy (non-hydrogen) atoms. The summed E-state index contributed by atoms with van der Waals surface area (Å²) >= 11 is 0. The maximum absolute atomic E-state index is 13.1. The third-order valence-electron chi connectivity index (χ3n) is 3.27. The lowest BCUT2D eigenvalue weighted by Gasteiger charge is -2.21. The zero-order chi connectivity index (χ0) is 14.9. The topological polar surface area (TPSA) is 64.7 Å². The first-order valence-electron chi connectivity index (χ1n) is 6.62. The van der Waals surface area contributed by atoms with Crippen molar-refractivity contribution in [3.63, 3.8) is 0 Å². The molecule has 4 nitrogen and oxygen atoms in total. The third kappa shape index (κ3) is 3.19. The highest BCUT2D eigenvalue weighted by Gasteiger charge is 2.45. The number of nitrogens with two attached hydrogens (primary N) is 1. The van der Waals surface area contributed by atoms with Crippen molar-refractivity contribution in [2.45, 2.75) is 45.1 Å². The largest absolute Gasteiger partial charge is 0.586 e. The number of hydrogen-bond donors (Lipinski definition) is 2. The average Bonchev–Trinajstić information content (AvgIpc) is 2.68. The molecule has 1 aromatic carbocycles. The van der Waals surface area contributed by atoms with Crippen LogP contribution in [0.4, 0.5) is 8.78 Å². The van der Waals surface area contributed by atoms with Crippen LogP contribution in [-0.2, 0) is 0 Å². The van der Waals surface area contributed by atoms with Crippen molar-refractivity contribution < 1.29 is 23.4 Å². The molecular weight excluding hydrogens is 268 g/mol. The fraction of sp³-hybridized carbons (Fsp3) is 0.571. The highest BCUT2D eigenvalue weighted by Crippen LogP contribution is 2.45. The van der Waals surface area contributed by atoms with Crippen LogP contribution in [0.15, 0.2) is 18.2 Å². The van der Waals surface area contributed by atoms with Gasteiger partial charge >= 0.3 is 6.29 Å². The number of aliphatic hydroxyl groups excluding tert-OH is 1. The van der Waals surface area contributed by atoms with E-state index in [1.54, 1.807) is 12.1 Å². The quantitative estimate of drug-likeness (QED) is 0.874. The van der Waals surface area contributed by atoms with E-state index in [2.05, 4.69) is 9.47 Å². The molecule has 0 saturated carbocycles. The maximum atomic E-state index is 13.1. The number of ether oxygens (including phenoxy) is 2. The lowest BCUT2D eigenvalue weighted by Crippen LogP contribution is -2.28. The summed E-state index contributed by atoms with van der Waals surface area (Å²) in [6.45, 7) is 4.08. The SMILES string of the molecule is CC(C)CC[C@@H](O)[C@@H](N)c1cccc2c1OC(F)(F)O2. The molecule has 0 aliphatic carbocycles. The number of fused-ring (bicyclic) bond motifs is 1. The van der Waals surface area contributed by atoms with E-state index in [0.717, 1.165) is 6.42 Å². The Balaban J connectivity index is 2.16. The molecule has 0 bridgehead atoms. The molecule has 2 rings (SSSR count). The van der Waals surface area contributed by atoms with Gasteiger partial charge in [0.1, 0.15) is 0 Å². The number of hydrogen-bond acceptors (Lipinski definition) is 4. The van der Waals surface area contributed by atoms with Crippen molar-refractivity contribution in [2.75, 3.05) is 0 Å². The predicted octanol–water partition coefficient (Wildman–Crippen LogP) is 2.81. The molecule has 0 unspecified atom stereocenters. The van der Waals surface area contributed by atoms with Gasteiger partial charge in [-0.05, 0) is 24.8 Å². The molecule has 0 spiro atoms. The van der Waals surface area contributed by atoms with E-state index >= 15 is 0 Å². The van der Waals surface area contributed by atoms with Gasteiger partial charge in [-0.1, -0.05) is 26.0 Å². The fourth-order valence-corrected chi connectivity index (χ4v) is 2.14. The molecule has 0 amide bonds. The Kier molecular flexibility index (Phi) is 4.15. The summed E-state index contributed by atoms with van der Waals surface area (Å²) in [5.41, 5.74) is 6.29. The Labute approximate surface area is 116 Å². The number of benzene rings is 1. The van der Waals surface area contributed by atoms with Crippen LogP contribution in [0.5, 0.6) is 11.5 Å². The van der Waals surface area contributed by atoms with Gasteiger partial charge in [-0.3, -0.25) is 0 Å². The van der Waals surface area contributed by atoms with Crippen LogP contribution in [0.1, 0.15) is 38.3 Å². The number of alkyl halides is 2. The van der Waals surface area contributed by atoms with Crippen molar-refractivity contribution in [3.8, 4) is 11.5 Å². The molecule has 1 aliphatic rings. The van der Waals surface area contributed by atoms with E-state index < -0.39 is 18.4 Å². The van der Waals surface area contributed by atoms with Gasteiger partial charge in [0.05, 0.1) is 12.1 Å². The van der Waals surface area contributed by atoms with Crippen molar-refractivity contribution in [1.82, 2.24) is 0 Å². The second-order valence-electron chi connectivity index (χ2n) is 5.41. The Morgan fingerprint density at radius 2 is 1.95 bits per heavy atom. The average molecular weight is 287 g/mol. The van der Waals surface area contributed by atoms with Gasteiger partial charge in [0.25, 0.3) is 0 Å². The molecule has 1 aliphatic heterocycles. The summed E-state index contributed by atoms with van der Waals surface area (Å²) in [4.78, 5) is 0. The first-order chi connectivity index (χ1) is 9.30. The zero-order valence-electron chi connectivity index (χ0n) is 11.5. The van der Waals surface area contributed by atoms with Gasteiger partial charge in [0.2, 0.25) is 0 Å². The Bertz CT molecular complexity index is 479. The smallest absolute Gasteiger partial charge is 0.395 e. The van der Waals surface area contributed by atoms with Crippen LogP contribution in [0, 0.1) is 5.92 Å². The fourth-order valence-electron chi connectivity index (χ4n) is 2.14. The highest BCUT2D eigenvalue weighted by molar-refractivity contribution is 5.50. The second-order valence-corrected chi connectivity index (χ2v) is 5.41. The third-order valence-corrected chi connectivity index (χ3v) is 3.27. The standard InChI is InChI=1S/C14H19F2NO3/c1-8(2)6-7-10(18)12(17)9-4-3-5-11-13(9)20-14(15,16)19-11/h3-5,8,10,12,18H,6-7,17H2,1-2H3/t10-,12+/m1/s1. The van der Waals surface area contributed by atoms with Crippen LogP contribution in [0.3, 0.4) is 0 Å². The highest BCUT2D eigenvalue weighted by atomic mass is 19.3. The molecule has 112 valence electrons. The van der Waals surface area contributed by atoms with Crippen molar-refractivity contribution >= 4 is 0 Å². The minimum absolute atomic E-state index is 0.0565. The molecule has 0 aromatic heterocycles. The molecule has 0 saturated heterocycles. The molecule has 3 N–H and O–H groups in total. The molecular formula is C14H19F2NO3. The van der Waals surface area contributed by atoms with Gasteiger partial charge in [-0.25, -0.2) is 0 Å². The lowest BCUT2D eigenvalue weighted by atomic mass is 9.95. The van der Waals surface area contributed by atoms with Crippen LogP contribution in [-0.4, -0.2) is 17.5 Å². The number of rotatable bonds is 5. The molecule has 1 aromatic rings. The van der Waals surface area contributed by atoms with Gasteiger partial charge in [-0.15, -0.1) is 8.78 Å². The Morgan fingerprint density at radius 1 is 1.25 bits per heavy atom. The van der Waals surface area contributed by atoms with Crippen LogP contribution in [0.2, 0.25) is 0 Å². The van der Waals surface area contributed by atoms with Crippen LogP contribution < -0.4 is 15.2 Å². The minimum Gasteiger partial charge on any atom is -0.395 e. The molecule has 0 fully saturated rings. The summed E-state index contributed by atoms with van der Waals surface area (Å²) in [6.07, 6.45) is -3.19. The lowest BCUT2D eigenvalue weighted by molar-refractivity contribution is -0.287. The summed E-state index contributed by atoms with van der Waals surface area (Å²) in [7, 11) is 0. The number of para-hydroxylation sites is 1. The van der Waals surface area contributed by atoms with E-state index in [4.69, 9.17) is 5.73 Å². The van der Waals surface area contributed by atoms with Gasteiger partial charge in [0.15, 0.2) is 11.5 Å². The maximum Gasteiger partial charge on any atom is 0.586 e. The first-order valence-corrected chi connectivity index (χ1v) is 6.62. The summed E-state index contributed by atoms with van der Waals surface area (Å²) in [6, 6.07) is 3.70. The summed E-state index contributed by atoms with van der Waals surface area (Å²) in [5.74, 6) is 0.287. The zero-order valence-corrected chi connectivity index (χ0v) is 11.5. The number of halogens is 2. The Morgan fingerprint density at radius 3 is 2.60 bits per heavy atom. The van der Waals surface area contributed by atoms with E-state index in [0.29, 0.717) is 17.9 Å². The molecule has 1 heterocycles. The molecule has 2 atom stereocenters. The number of aliphatic hydroxyl groups is 1. The van der Waals surface area contributed by atoms with Gasteiger partial charge < -0.3 is 20.3 Å². The monoisotopic (exact) mass is 287 g/mol. The molecule has 6 heteroatoms. The minimum atomic E-state index is -3.68.